The Morgan fingerprint density at radius 1 is 1.32 bits per heavy atom. The molecule has 0 saturated heterocycles. The summed E-state index contributed by atoms with van der Waals surface area (Å²) >= 11 is 0. The number of nitrogens with zero attached hydrogens (tertiary/aromatic N) is 4. The third-order valence-corrected chi connectivity index (χ3v) is 3.43. The number of aromatic carboxylic acids is 1. The molecule has 0 bridgehead atoms. The van der Waals surface area contributed by atoms with Gasteiger partial charge in [0.2, 0.25) is 0 Å². The van der Waals surface area contributed by atoms with Crippen LogP contribution < -0.4 is 10.9 Å². The van der Waals surface area contributed by atoms with E-state index in [4.69, 9.17) is 5.11 Å². The molecule has 0 aliphatic heterocycles. The van der Waals surface area contributed by atoms with Crippen molar-refractivity contribution in [3.05, 3.63) is 64.2 Å². The maximum Gasteiger partial charge on any atom is 0.341 e. The average molecular weight is 343 g/mol. The van der Waals surface area contributed by atoms with Crippen LogP contribution >= 0.6 is 0 Å². The van der Waals surface area contributed by atoms with E-state index in [2.05, 4.69) is 20.1 Å². The number of nitrogens with one attached hydrogen (secondary N) is 1. The molecule has 3 aromatic rings. The molecule has 0 saturated carbocycles. The van der Waals surface area contributed by atoms with Crippen LogP contribution in [0.3, 0.4) is 0 Å². The molecule has 0 aliphatic rings. The summed E-state index contributed by atoms with van der Waals surface area (Å²) < 4.78 is 7.43. The second-order valence-electron chi connectivity index (χ2n) is 5.16. The lowest BCUT2D eigenvalue weighted by atomic mass is 10.2. The van der Waals surface area contributed by atoms with Crippen LogP contribution in [0.15, 0.2) is 46.3 Å². The Hall–Kier alpha value is -3.69. The fraction of sp³-hybridized carbons (Fsp3) is 0.133. The average Bonchev–Trinajstić information content (AvgIpc) is 3.22. The van der Waals surface area contributed by atoms with Crippen LogP contribution in [0.1, 0.15) is 26.4 Å². The predicted octanol–water partition coefficient (Wildman–Crippen LogP) is 0.187. The zero-order chi connectivity index (χ0) is 18.0. The Morgan fingerprint density at radius 2 is 2.12 bits per heavy atom. The number of carboxylic acids is 1. The molecule has 25 heavy (non-hydrogen) atoms. The third kappa shape index (κ3) is 3.32. The van der Waals surface area contributed by atoms with Gasteiger partial charge in [0.25, 0.3) is 11.5 Å². The molecule has 0 atom stereocenters. The van der Waals surface area contributed by atoms with E-state index in [1.165, 1.54) is 33.8 Å². The van der Waals surface area contributed by atoms with E-state index >= 15 is 0 Å². The van der Waals surface area contributed by atoms with E-state index in [1.54, 1.807) is 13.2 Å². The summed E-state index contributed by atoms with van der Waals surface area (Å²) in [5, 5.41) is 19.0. The first-order valence-electron chi connectivity index (χ1n) is 7.12. The molecule has 3 aromatic heterocycles. The highest BCUT2D eigenvalue weighted by Crippen LogP contribution is 2.08. The van der Waals surface area contributed by atoms with Crippen molar-refractivity contribution < 1.29 is 19.2 Å². The molecule has 0 fully saturated rings. The van der Waals surface area contributed by atoms with Gasteiger partial charge < -0.3 is 14.9 Å². The summed E-state index contributed by atoms with van der Waals surface area (Å²) in [5.74, 6) is -1.69. The number of amides is 1. The molecule has 3 heterocycles. The smallest absolute Gasteiger partial charge is 0.341 e. The number of carbonyl (C=O) groups is 2. The number of hydrogen-bond donors (Lipinski definition) is 2. The van der Waals surface area contributed by atoms with Gasteiger partial charge in [-0.25, -0.2) is 4.79 Å². The van der Waals surface area contributed by atoms with Gasteiger partial charge >= 0.3 is 5.97 Å². The number of aryl methyl sites for hydroxylation is 1. The van der Waals surface area contributed by atoms with E-state index in [9.17, 15) is 14.4 Å². The van der Waals surface area contributed by atoms with Crippen LogP contribution in [-0.4, -0.2) is 36.5 Å². The number of hydrogen-bond acceptors (Lipinski definition) is 6. The molecule has 10 nitrogen and oxygen atoms in total. The van der Waals surface area contributed by atoms with Crippen molar-refractivity contribution in [1.29, 1.82) is 0 Å². The zero-order valence-corrected chi connectivity index (χ0v) is 13.0. The number of carboxylic acid groups (broad SMARTS) is 1. The van der Waals surface area contributed by atoms with Gasteiger partial charge in [-0.05, 0) is 6.07 Å². The van der Waals surface area contributed by atoms with Gasteiger partial charge in [-0.15, -0.1) is 0 Å². The highest BCUT2D eigenvalue weighted by atomic mass is 16.5. The minimum atomic E-state index is -1.20. The monoisotopic (exact) mass is 343 g/mol. The van der Waals surface area contributed by atoms with Crippen molar-refractivity contribution in [1.82, 2.24) is 24.8 Å². The van der Waals surface area contributed by atoms with Crippen molar-refractivity contribution in [3.63, 3.8) is 0 Å². The molecule has 2 N–H and O–H groups in total. The third-order valence-electron chi connectivity index (χ3n) is 3.43. The summed E-state index contributed by atoms with van der Waals surface area (Å²) in [6, 6.07) is 2.64. The Balaban J connectivity index is 1.80. The lowest BCUT2D eigenvalue weighted by Gasteiger charge is -2.07. The molecule has 10 heteroatoms. The van der Waals surface area contributed by atoms with E-state index in [1.807, 2.05) is 0 Å². The predicted molar refractivity (Wildman–Crippen MR) is 83.4 cm³/mol. The fourth-order valence-electron chi connectivity index (χ4n) is 2.18. The van der Waals surface area contributed by atoms with Crippen LogP contribution in [-0.2, 0) is 13.6 Å². The van der Waals surface area contributed by atoms with Gasteiger partial charge in [-0.1, -0.05) is 5.16 Å². The van der Waals surface area contributed by atoms with Crippen LogP contribution in [0, 0.1) is 0 Å². The Kier molecular flexibility index (Phi) is 4.16. The van der Waals surface area contributed by atoms with E-state index in [0.29, 0.717) is 5.69 Å². The minimum Gasteiger partial charge on any atom is -0.478 e. The normalized spacial score (nSPS) is 10.6. The minimum absolute atomic E-state index is 0.0985. The summed E-state index contributed by atoms with van der Waals surface area (Å²) in [5.41, 5.74) is 0.409. The van der Waals surface area contributed by atoms with E-state index in [0.717, 1.165) is 6.26 Å². The Labute approximate surface area is 140 Å². The lowest BCUT2D eigenvalue weighted by Crippen LogP contribution is -2.26. The fourth-order valence-corrected chi connectivity index (χ4v) is 2.18. The largest absolute Gasteiger partial charge is 0.478 e. The number of carbonyl (C=O) groups excluding carboxylic acids is 1. The van der Waals surface area contributed by atoms with Crippen LogP contribution in [0.4, 0.5) is 0 Å². The van der Waals surface area contributed by atoms with Crippen molar-refractivity contribution in [2.75, 3.05) is 0 Å². The molecule has 0 aliphatic carbocycles. The van der Waals surface area contributed by atoms with Crippen molar-refractivity contribution in [2.24, 2.45) is 7.05 Å². The van der Waals surface area contributed by atoms with E-state index < -0.39 is 11.9 Å². The van der Waals surface area contributed by atoms with E-state index in [-0.39, 0.29) is 28.9 Å². The first-order chi connectivity index (χ1) is 12.0. The van der Waals surface area contributed by atoms with Gasteiger partial charge in [0, 0.05) is 25.5 Å². The van der Waals surface area contributed by atoms with Gasteiger partial charge in [0.15, 0.2) is 0 Å². The maximum absolute atomic E-state index is 12.3. The van der Waals surface area contributed by atoms with Gasteiger partial charge in [-0.2, -0.15) is 5.10 Å². The van der Waals surface area contributed by atoms with Crippen molar-refractivity contribution >= 4 is 11.9 Å². The number of aromatic nitrogens is 4. The van der Waals surface area contributed by atoms with Crippen molar-refractivity contribution in [2.45, 2.75) is 6.54 Å². The molecular formula is C15H13N5O5. The van der Waals surface area contributed by atoms with Crippen LogP contribution in [0.25, 0.3) is 5.69 Å². The summed E-state index contributed by atoms with van der Waals surface area (Å²) in [4.78, 5) is 35.2. The molecule has 3 rings (SSSR count). The summed E-state index contributed by atoms with van der Waals surface area (Å²) in [7, 11) is 1.71. The Bertz CT molecular complexity index is 1000. The Morgan fingerprint density at radius 3 is 2.80 bits per heavy atom. The molecule has 0 radical (unpaired) electrons. The maximum atomic E-state index is 12.3. The van der Waals surface area contributed by atoms with Crippen molar-refractivity contribution in [3.8, 4) is 5.69 Å². The highest BCUT2D eigenvalue weighted by molar-refractivity contribution is 5.94. The van der Waals surface area contributed by atoms with Gasteiger partial charge in [-0.3, -0.25) is 18.8 Å². The number of pyridine rings is 1. The molecule has 0 unspecified atom stereocenters. The first kappa shape index (κ1) is 16.2. The molecule has 1 amide bonds. The van der Waals surface area contributed by atoms with Gasteiger partial charge in [0.1, 0.15) is 17.5 Å². The molecule has 0 spiro atoms. The summed E-state index contributed by atoms with van der Waals surface area (Å²) in [6.07, 6.45) is 5.51. The lowest BCUT2D eigenvalue weighted by molar-refractivity contribution is 0.0694. The highest BCUT2D eigenvalue weighted by Gasteiger charge is 2.16. The zero-order valence-electron chi connectivity index (χ0n) is 13.0. The quantitative estimate of drug-likeness (QED) is 0.675. The van der Waals surface area contributed by atoms with Crippen LogP contribution in [0.5, 0.6) is 0 Å². The molecule has 128 valence electrons. The van der Waals surface area contributed by atoms with Gasteiger partial charge in [0.05, 0.1) is 24.0 Å². The first-order valence-corrected chi connectivity index (χ1v) is 7.12. The van der Waals surface area contributed by atoms with Crippen LogP contribution in [0.2, 0.25) is 0 Å². The summed E-state index contributed by atoms with van der Waals surface area (Å²) in [6.45, 7) is -0.122. The standard InChI is InChI=1S/C15H13N5O5/c1-19-7-10(4-17-19)20-6-9(2-3-13(20)21)14(22)16-5-12-11(15(23)24)8-25-18-12/h2-4,6-8H,5H2,1H3,(H,16,22)(H,23,24). The topological polar surface area (TPSA) is 132 Å². The SMILES string of the molecule is Cn1cc(-n2cc(C(=O)NCc3nocc3C(=O)O)ccc2=O)cn1. The number of rotatable bonds is 5. The molecule has 0 aromatic carbocycles. The second kappa shape index (κ2) is 6.43. The molecular weight excluding hydrogens is 330 g/mol. The second-order valence-corrected chi connectivity index (χ2v) is 5.16.